The van der Waals surface area contributed by atoms with Gasteiger partial charge in [0.15, 0.2) is 0 Å². The molecule has 3 aromatic rings. The molecule has 3 aromatic heterocycles. The molecule has 1 unspecified atom stereocenters. The summed E-state index contributed by atoms with van der Waals surface area (Å²) in [6.07, 6.45) is 4.89. The molecular weight excluding hydrogens is 350 g/mol. The van der Waals surface area contributed by atoms with Gasteiger partial charge in [0, 0.05) is 54.4 Å². The van der Waals surface area contributed by atoms with Crippen LogP contribution in [0.5, 0.6) is 0 Å². The molecule has 2 atom stereocenters. The monoisotopic (exact) mass is 372 g/mol. The van der Waals surface area contributed by atoms with E-state index in [2.05, 4.69) is 16.0 Å². The van der Waals surface area contributed by atoms with Crippen molar-refractivity contribution in [1.29, 1.82) is 0 Å². The summed E-state index contributed by atoms with van der Waals surface area (Å²) in [5, 5.41) is 5.83. The average molecular weight is 372 g/mol. The van der Waals surface area contributed by atoms with Crippen LogP contribution >= 0.6 is 0 Å². The molecule has 5 nitrogen and oxygen atoms in total. The Morgan fingerprint density at radius 3 is 2.93 bits per heavy atom. The number of rotatable bonds is 3. The van der Waals surface area contributed by atoms with Crippen molar-refractivity contribution in [3.05, 3.63) is 35.8 Å². The van der Waals surface area contributed by atoms with Crippen LogP contribution < -0.4 is 0 Å². The van der Waals surface area contributed by atoms with Crippen LogP contribution in [0.3, 0.4) is 0 Å². The second-order valence-electron chi connectivity index (χ2n) is 7.80. The van der Waals surface area contributed by atoms with Crippen molar-refractivity contribution in [2.45, 2.75) is 50.5 Å². The van der Waals surface area contributed by atoms with Crippen molar-refractivity contribution in [2.24, 2.45) is 0 Å². The molecule has 1 aliphatic heterocycles. The lowest BCUT2D eigenvalue weighted by atomic mass is 10.0. The van der Waals surface area contributed by atoms with Gasteiger partial charge in [-0.15, -0.1) is 0 Å². The summed E-state index contributed by atoms with van der Waals surface area (Å²) in [6, 6.07) is 3.86. The lowest BCUT2D eigenvalue weighted by Crippen LogP contribution is -2.16. The molecule has 0 bridgehead atoms. The molecule has 2 fully saturated rings. The van der Waals surface area contributed by atoms with Crippen molar-refractivity contribution >= 4 is 11.0 Å². The molecule has 0 radical (unpaired) electrons. The molecule has 1 saturated carbocycles. The summed E-state index contributed by atoms with van der Waals surface area (Å²) in [5.74, 6) is -2.38. The molecule has 1 aliphatic carbocycles. The van der Waals surface area contributed by atoms with Crippen LogP contribution in [0.25, 0.3) is 22.3 Å². The second-order valence-corrected chi connectivity index (χ2v) is 7.80. The van der Waals surface area contributed by atoms with Crippen LogP contribution in [-0.4, -0.2) is 38.9 Å². The summed E-state index contributed by atoms with van der Waals surface area (Å²) >= 11 is 0. The van der Waals surface area contributed by atoms with E-state index in [0.29, 0.717) is 19.6 Å². The number of aromatic nitrogens is 4. The van der Waals surface area contributed by atoms with E-state index in [0.717, 1.165) is 40.0 Å². The van der Waals surface area contributed by atoms with E-state index in [1.807, 2.05) is 23.9 Å². The highest BCUT2D eigenvalue weighted by atomic mass is 19.3. The smallest absolute Gasteiger partial charge is 0.250 e. The molecule has 0 spiro atoms. The number of pyridine rings is 1. The third-order valence-electron chi connectivity index (χ3n) is 5.87. The largest absolute Gasteiger partial charge is 0.381 e. The fraction of sp³-hybridized carbons (Fsp3) is 0.500. The maximum absolute atomic E-state index is 13.8. The van der Waals surface area contributed by atoms with Crippen molar-refractivity contribution in [3.8, 4) is 11.3 Å². The Morgan fingerprint density at radius 1 is 1.30 bits per heavy atom. The van der Waals surface area contributed by atoms with E-state index in [4.69, 9.17) is 9.84 Å². The molecule has 7 heteroatoms. The Morgan fingerprint density at radius 2 is 2.19 bits per heavy atom. The lowest BCUT2D eigenvalue weighted by molar-refractivity contribution is 0.00505. The SMILES string of the molecule is Cc1c[nH]c2ncc(-c3cc(C4CCOC4)n([C@@H]4CCC(F)(F)C4)n3)cc12. The molecule has 27 heavy (non-hydrogen) atoms. The molecule has 5 rings (SSSR count). The molecule has 0 amide bonds. The highest BCUT2D eigenvalue weighted by molar-refractivity contribution is 5.83. The number of aromatic amines is 1. The molecule has 1 saturated heterocycles. The van der Waals surface area contributed by atoms with Crippen molar-refractivity contribution in [1.82, 2.24) is 19.7 Å². The van der Waals surface area contributed by atoms with Crippen LogP contribution in [0.2, 0.25) is 0 Å². The van der Waals surface area contributed by atoms with Gasteiger partial charge in [0.05, 0.1) is 18.3 Å². The molecule has 1 N–H and O–H groups in total. The molecule has 4 heterocycles. The molecule has 2 aliphatic rings. The van der Waals surface area contributed by atoms with E-state index in [-0.39, 0.29) is 24.8 Å². The first kappa shape index (κ1) is 16.9. The first-order valence-corrected chi connectivity index (χ1v) is 9.49. The second kappa shape index (κ2) is 6.12. The summed E-state index contributed by atoms with van der Waals surface area (Å²) < 4.78 is 35.0. The minimum Gasteiger partial charge on any atom is -0.381 e. The molecule has 142 valence electrons. The highest BCUT2D eigenvalue weighted by Crippen LogP contribution is 2.43. The number of nitrogens with zero attached hydrogens (tertiary/aromatic N) is 3. The fourth-order valence-electron chi connectivity index (χ4n) is 4.33. The van der Waals surface area contributed by atoms with E-state index in [1.165, 1.54) is 0 Å². The zero-order chi connectivity index (χ0) is 18.6. The van der Waals surface area contributed by atoms with Gasteiger partial charge in [-0.3, -0.25) is 4.68 Å². The Kier molecular flexibility index (Phi) is 3.82. The Balaban J connectivity index is 1.58. The normalized spacial score (nSPS) is 24.9. The maximum Gasteiger partial charge on any atom is 0.250 e. The van der Waals surface area contributed by atoms with Gasteiger partial charge in [-0.2, -0.15) is 5.10 Å². The van der Waals surface area contributed by atoms with Gasteiger partial charge in [-0.1, -0.05) is 0 Å². The van der Waals surface area contributed by atoms with Gasteiger partial charge >= 0.3 is 0 Å². The molecular formula is C20H22F2N4O. The quantitative estimate of drug-likeness (QED) is 0.731. The minimum absolute atomic E-state index is 0.0659. The minimum atomic E-state index is -2.59. The van der Waals surface area contributed by atoms with Crippen LogP contribution in [0.4, 0.5) is 8.78 Å². The summed E-state index contributed by atoms with van der Waals surface area (Å²) in [7, 11) is 0. The van der Waals surface area contributed by atoms with Crippen molar-refractivity contribution in [2.75, 3.05) is 13.2 Å². The summed E-state index contributed by atoms with van der Waals surface area (Å²) in [6.45, 7) is 3.37. The lowest BCUT2D eigenvalue weighted by Gasteiger charge is -2.17. The number of halogens is 2. The standard InChI is InChI=1S/C20H22F2N4O/c1-12-9-23-19-16(12)6-14(10-24-19)17-7-18(13-3-5-27-11-13)26(25-17)15-2-4-20(21,22)8-15/h6-7,9-10,13,15H,2-5,8,11H2,1H3,(H,23,24)/t13?,15-/m1/s1. The molecule has 0 aromatic carbocycles. The Bertz CT molecular complexity index is 987. The third-order valence-corrected chi connectivity index (χ3v) is 5.87. The first-order valence-electron chi connectivity index (χ1n) is 9.49. The van der Waals surface area contributed by atoms with E-state index in [9.17, 15) is 8.78 Å². The van der Waals surface area contributed by atoms with Crippen LogP contribution in [0.15, 0.2) is 24.5 Å². The first-order chi connectivity index (χ1) is 13.0. The number of alkyl halides is 2. The number of nitrogens with one attached hydrogen (secondary N) is 1. The summed E-state index contributed by atoms with van der Waals surface area (Å²) in [5.41, 5.74) is 4.68. The fourth-order valence-corrected chi connectivity index (χ4v) is 4.33. The Hall–Kier alpha value is -2.28. The predicted octanol–water partition coefficient (Wildman–Crippen LogP) is 4.60. The zero-order valence-corrected chi connectivity index (χ0v) is 15.2. The van der Waals surface area contributed by atoms with Gasteiger partial charge in [0.1, 0.15) is 5.65 Å². The van der Waals surface area contributed by atoms with Crippen molar-refractivity contribution < 1.29 is 13.5 Å². The number of hydrogen-bond donors (Lipinski definition) is 1. The Labute approximate surface area is 155 Å². The van der Waals surface area contributed by atoms with Gasteiger partial charge in [0.2, 0.25) is 5.92 Å². The van der Waals surface area contributed by atoms with Gasteiger partial charge in [-0.25, -0.2) is 13.8 Å². The summed E-state index contributed by atoms with van der Waals surface area (Å²) in [4.78, 5) is 7.63. The number of fused-ring (bicyclic) bond motifs is 1. The van der Waals surface area contributed by atoms with Crippen LogP contribution in [0, 0.1) is 6.92 Å². The van der Waals surface area contributed by atoms with Crippen LogP contribution in [-0.2, 0) is 4.74 Å². The van der Waals surface area contributed by atoms with Gasteiger partial charge in [0.25, 0.3) is 0 Å². The van der Waals surface area contributed by atoms with Crippen LogP contribution in [0.1, 0.15) is 48.9 Å². The number of ether oxygens (including phenoxy) is 1. The number of hydrogen-bond acceptors (Lipinski definition) is 3. The predicted molar refractivity (Wildman–Crippen MR) is 98.1 cm³/mol. The van der Waals surface area contributed by atoms with E-state index < -0.39 is 5.92 Å². The maximum atomic E-state index is 13.8. The topological polar surface area (TPSA) is 55.7 Å². The van der Waals surface area contributed by atoms with Gasteiger partial charge in [-0.05, 0) is 37.5 Å². The third kappa shape index (κ3) is 2.94. The van der Waals surface area contributed by atoms with E-state index in [1.54, 1.807) is 6.20 Å². The number of H-pyrrole nitrogens is 1. The van der Waals surface area contributed by atoms with Crippen molar-refractivity contribution in [3.63, 3.8) is 0 Å². The average Bonchev–Trinajstić information content (AvgIpc) is 3.40. The van der Waals surface area contributed by atoms with Gasteiger partial charge < -0.3 is 9.72 Å². The number of aryl methyl sites for hydroxylation is 1. The highest BCUT2D eigenvalue weighted by Gasteiger charge is 2.42. The zero-order valence-electron chi connectivity index (χ0n) is 15.2. The van der Waals surface area contributed by atoms with E-state index >= 15 is 0 Å².